The number of hydrogen-bond donors (Lipinski definition) is 2. The van der Waals surface area contributed by atoms with Gasteiger partial charge in [0.2, 0.25) is 5.91 Å². The van der Waals surface area contributed by atoms with Crippen LogP contribution in [0.15, 0.2) is 42.9 Å². The molecule has 0 radical (unpaired) electrons. The summed E-state index contributed by atoms with van der Waals surface area (Å²) in [6, 6.07) is 4.85. The van der Waals surface area contributed by atoms with Crippen molar-refractivity contribution in [3.8, 4) is 0 Å². The van der Waals surface area contributed by atoms with Crippen LogP contribution >= 0.6 is 0 Å². The van der Waals surface area contributed by atoms with Gasteiger partial charge in [0.1, 0.15) is 6.04 Å². The lowest BCUT2D eigenvalue weighted by molar-refractivity contribution is -0.125. The Labute approximate surface area is 167 Å². The summed E-state index contributed by atoms with van der Waals surface area (Å²) in [5.41, 5.74) is 2.85. The second-order valence-corrected chi connectivity index (χ2v) is 7.77. The number of nitrogens with one attached hydrogen (secondary N) is 2. The number of benzene rings is 1. The highest BCUT2D eigenvalue weighted by Gasteiger charge is 2.45. The Balaban J connectivity index is 1.38. The number of amides is 3. The minimum absolute atomic E-state index is 0.323. The van der Waals surface area contributed by atoms with E-state index in [1.54, 1.807) is 18.2 Å². The number of nitrogens with zero attached hydrogens (tertiary/aromatic N) is 3. The molecule has 0 spiro atoms. The summed E-state index contributed by atoms with van der Waals surface area (Å²) < 4.78 is 1.97. The molecule has 8 heteroatoms. The topological polar surface area (TPSA) is 96.3 Å². The van der Waals surface area contributed by atoms with E-state index in [4.69, 9.17) is 0 Å². The number of carbonyl (C=O) groups is 3. The molecule has 1 aromatic carbocycles. The number of piperidine rings is 1. The molecule has 2 aliphatic heterocycles. The molecule has 0 bridgehead atoms. The molecule has 5 rings (SSSR count). The summed E-state index contributed by atoms with van der Waals surface area (Å²) in [6.45, 7) is 4.24. The van der Waals surface area contributed by atoms with Crippen molar-refractivity contribution < 1.29 is 14.4 Å². The van der Waals surface area contributed by atoms with E-state index in [0.29, 0.717) is 47.9 Å². The fraction of sp³-hybridized carbons (Fsp3) is 0.333. The number of hydrogen-bond acceptors (Lipinski definition) is 5. The third-order valence-electron chi connectivity index (χ3n) is 5.64. The van der Waals surface area contributed by atoms with Gasteiger partial charge in [-0.05, 0) is 37.8 Å². The molecule has 8 nitrogen and oxygen atoms in total. The molecule has 3 aliphatic rings. The number of carbonyl (C=O) groups excluding carboxylic acids is 3. The fourth-order valence-corrected chi connectivity index (χ4v) is 3.95. The van der Waals surface area contributed by atoms with Gasteiger partial charge in [-0.3, -0.25) is 24.0 Å². The van der Waals surface area contributed by atoms with Gasteiger partial charge in [0.15, 0.2) is 0 Å². The van der Waals surface area contributed by atoms with Crippen molar-refractivity contribution in [1.82, 2.24) is 20.0 Å². The van der Waals surface area contributed by atoms with E-state index in [0.717, 1.165) is 23.3 Å². The molecule has 1 saturated heterocycles. The third kappa shape index (κ3) is 3.00. The Morgan fingerprint density at radius 3 is 2.76 bits per heavy atom. The van der Waals surface area contributed by atoms with E-state index in [9.17, 15) is 14.4 Å². The van der Waals surface area contributed by atoms with Crippen molar-refractivity contribution >= 4 is 23.4 Å². The normalized spacial score (nSPS) is 21.4. The highest BCUT2D eigenvalue weighted by atomic mass is 16.2. The average Bonchev–Trinajstić information content (AvgIpc) is 3.39. The maximum Gasteiger partial charge on any atom is 0.264 e. The molecule has 3 heterocycles. The van der Waals surface area contributed by atoms with Crippen LogP contribution in [0.1, 0.15) is 58.0 Å². The standard InChI is InChI=1S/C21H21N5O3/c1-12-5-8-17(19(27)24-12)26-20(28)15-3-2-4-16(18(15)21(26)29)22-9-13-10-23-25(11-13)14-6-7-14/h2-4,10-11,14,17,22H,1,5-9H2,(H,24,27). The molecule has 2 fully saturated rings. The third-order valence-corrected chi connectivity index (χ3v) is 5.64. The minimum Gasteiger partial charge on any atom is -0.380 e. The molecule has 1 unspecified atom stereocenters. The van der Waals surface area contributed by atoms with Crippen molar-refractivity contribution in [3.05, 3.63) is 59.6 Å². The van der Waals surface area contributed by atoms with Crippen LogP contribution in [0.5, 0.6) is 0 Å². The van der Waals surface area contributed by atoms with Crippen molar-refractivity contribution in [2.75, 3.05) is 5.32 Å². The zero-order valence-corrected chi connectivity index (χ0v) is 15.9. The summed E-state index contributed by atoms with van der Waals surface area (Å²) >= 11 is 0. The summed E-state index contributed by atoms with van der Waals surface area (Å²) in [7, 11) is 0. The van der Waals surface area contributed by atoms with Gasteiger partial charge < -0.3 is 10.6 Å². The summed E-state index contributed by atoms with van der Waals surface area (Å²) in [5, 5.41) is 10.3. The first-order chi connectivity index (χ1) is 14.0. The smallest absolute Gasteiger partial charge is 0.264 e. The van der Waals surface area contributed by atoms with Crippen LogP contribution in [0.4, 0.5) is 5.69 Å². The lowest BCUT2D eigenvalue weighted by Gasteiger charge is -2.29. The summed E-state index contributed by atoms with van der Waals surface area (Å²) in [5.74, 6) is -1.23. The molecule has 2 aromatic rings. The first-order valence-electron chi connectivity index (χ1n) is 9.79. The molecular weight excluding hydrogens is 370 g/mol. The molecule has 3 amide bonds. The number of fused-ring (bicyclic) bond motifs is 1. The van der Waals surface area contributed by atoms with Gasteiger partial charge in [-0.1, -0.05) is 12.6 Å². The van der Waals surface area contributed by atoms with Gasteiger partial charge in [-0.15, -0.1) is 0 Å². The quantitative estimate of drug-likeness (QED) is 0.762. The van der Waals surface area contributed by atoms with Gasteiger partial charge in [-0.2, -0.15) is 5.10 Å². The van der Waals surface area contributed by atoms with E-state index in [-0.39, 0.29) is 5.91 Å². The van der Waals surface area contributed by atoms with E-state index in [1.807, 2.05) is 17.1 Å². The number of anilines is 1. The summed E-state index contributed by atoms with van der Waals surface area (Å²) in [4.78, 5) is 39.5. The van der Waals surface area contributed by atoms with E-state index >= 15 is 0 Å². The Morgan fingerprint density at radius 1 is 1.17 bits per heavy atom. The molecule has 29 heavy (non-hydrogen) atoms. The zero-order valence-electron chi connectivity index (χ0n) is 15.9. The monoisotopic (exact) mass is 391 g/mol. The van der Waals surface area contributed by atoms with Gasteiger partial charge in [0.25, 0.3) is 11.8 Å². The van der Waals surface area contributed by atoms with Crippen LogP contribution in [-0.4, -0.2) is 38.4 Å². The lowest BCUT2D eigenvalue weighted by Crippen LogP contribution is -2.51. The highest BCUT2D eigenvalue weighted by molar-refractivity contribution is 6.25. The van der Waals surface area contributed by atoms with Gasteiger partial charge >= 0.3 is 0 Å². The zero-order chi connectivity index (χ0) is 20.1. The largest absolute Gasteiger partial charge is 0.380 e. The van der Waals surface area contributed by atoms with Crippen molar-refractivity contribution in [3.63, 3.8) is 0 Å². The van der Waals surface area contributed by atoms with Crippen LogP contribution in [0, 0.1) is 0 Å². The predicted molar refractivity (Wildman–Crippen MR) is 105 cm³/mol. The molecule has 1 atom stereocenters. The Kier molecular flexibility index (Phi) is 4.01. The maximum absolute atomic E-state index is 13.1. The first-order valence-corrected chi connectivity index (χ1v) is 9.79. The van der Waals surface area contributed by atoms with Gasteiger partial charge in [-0.25, -0.2) is 0 Å². The van der Waals surface area contributed by atoms with E-state index in [1.165, 1.54) is 0 Å². The van der Waals surface area contributed by atoms with Crippen LogP contribution in [0.3, 0.4) is 0 Å². The molecule has 1 saturated carbocycles. The first kappa shape index (κ1) is 17.7. The molecule has 1 aromatic heterocycles. The van der Waals surface area contributed by atoms with Crippen molar-refractivity contribution in [1.29, 1.82) is 0 Å². The maximum atomic E-state index is 13.1. The second-order valence-electron chi connectivity index (χ2n) is 7.77. The Bertz CT molecular complexity index is 1050. The molecule has 1 aliphatic carbocycles. The van der Waals surface area contributed by atoms with Gasteiger partial charge in [0, 0.05) is 29.7 Å². The Hall–Kier alpha value is -3.42. The van der Waals surface area contributed by atoms with Crippen molar-refractivity contribution in [2.24, 2.45) is 0 Å². The van der Waals surface area contributed by atoms with E-state index in [2.05, 4.69) is 22.3 Å². The molecular formula is C21H21N5O3. The average molecular weight is 391 g/mol. The SMILES string of the molecule is C=C1CCC(N2C(=O)c3cccc(NCc4cnn(C5CC5)c4)c3C2=O)C(=O)N1. The predicted octanol–water partition coefficient (Wildman–Crippen LogP) is 2.22. The number of allylic oxidation sites excluding steroid dienone is 1. The summed E-state index contributed by atoms with van der Waals surface area (Å²) in [6.07, 6.45) is 7.07. The van der Waals surface area contributed by atoms with Crippen LogP contribution in [0.25, 0.3) is 0 Å². The van der Waals surface area contributed by atoms with Crippen LogP contribution < -0.4 is 10.6 Å². The second kappa shape index (κ2) is 6.58. The molecule has 2 N–H and O–H groups in total. The Morgan fingerprint density at radius 2 is 2.00 bits per heavy atom. The van der Waals surface area contributed by atoms with Crippen LogP contribution in [-0.2, 0) is 11.3 Å². The number of rotatable bonds is 5. The van der Waals surface area contributed by atoms with Crippen molar-refractivity contribution in [2.45, 2.75) is 44.3 Å². The lowest BCUT2D eigenvalue weighted by atomic mass is 10.0. The number of imide groups is 1. The highest BCUT2D eigenvalue weighted by Crippen LogP contribution is 2.35. The van der Waals surface area contributed by atoms with Gasteiger partial charge in [0.05, 0.1) is 23.4 Å². The number of aromatic nitrogens is 2. The van der Waals surface area contributed by atoms with Crippen LogP contribution in [0.2, 0.25) is 0 Å². The molecule has 148 valence electrons. The van der Waals surface area contributed by atoms with E-state index < -0.39 is 17.9 Å². The minimum atomic E-state index is -0.808. The fourth-order valence-electron chi connectivity index (χ4n) is 3.95.